The fourth-order valence-corrected chi connectivity index (χ4v) is 3.38. The third-order valence-corrected chi connectivity index (χ3v) is 5.01. The predicted molar refractivity (Wildman–Crippen MR) is 121 cm³/mol. The highest BCUT2D eigenvalue weighted by atomic mass is 19.4. The first kappa shape index (κ1) is 23.2. The summed E-state index contributed by atoms with van der Waals surface area (Å²) >= 11 is 0. The Labute approximate surface area is 190 Å². The zero-order chi connectivity index (χ0) is 24.3. The largest absolute Gasteiger partial charge is 0.416 e. The highest BCUT2D eigenvalue weighted by Crippen LogP contribution is 2.34. The van der Waals surface area contributed by atoms with Gasteiger partial charge in [-0.15, -0.1) is 0 Å². The summed E-state index contributed by atoms with van der Waals surface area (Å²) in [6.45, 7) is 0. The lowest BCUT2D eigenvalue weighted by Gasteiger charge is -2.07. The maximum Gasteiger partial charge on any atom is 0.416 e. The maximum atomic E-state index is 12.9. The second kappa shape index (κ2) is 9.13. The van der Waals surface area contributed by atoms with Crippen molar-refractivity contribution in [3.8, 4) is 0 Å². The Hall–Kier alpha value is -3.94. The van der Waals surface area contributed by atoms with E-state index in [9.17, 15) is 26.3 Å². The molecule has 0 amide bonds. The number of hydrogen-bond acceptors (Lipinski definition) is 2. The molecule has 0 saturated carbocycles. The van der Waals surface area contributed by atoms with Crippen LogP contribution in [0.5, 0.6) is 0 Å². The fraction of sp³-hybridized carbons (Fsp3) is 0.0769. The first-order valence-corrected chi connectivity index (χ1v) is 10.1. The van der Waals surface area contributed by atoms with Crippen molar-refractivity contribution in [3.63, 3.8) is 0 Å². The minimum atomic E-state index is -4.45. The lowest BCUT2D eigenvalue weighted by Crippen LogP contribution is -2.04. The van der Waals surface area contributed by atoms with Crippen molar-refractivity contribution in [2.24, 2.45) is 9.98 Å². The Morgan fingerprint density at radius 3 is 1.26 bits per heavy atom. The molecule has 4 rings (SSSR count). The van der Waals surface area contributed by atoms with Gasteiger partial charge in [-0.2, -0.15) is 26.3 Å². The molecule has 0 bridgehead atoms. The van der Waals surface area contributed by atoms with Gasteiger partial charge in [-0.05, 0) is 47.5 Å². The number of aliphatic imine (C=N–C) groups is 2. The number of benzene rings is 4. The SMILES string of the molecule is FC(F)(F)c1cccc(C=Nc2cccc3c(N=Cc4cccc(C(F)(F)F)c4)cccc23)c1. The third kappa shape index (κ3) is 5.33. The normalized spacial score (nSPS) is 12.8. The Balaban J connectivity index is 1.66. The van der Waals surface area contributed by atoms with Crippen molar-refractivity contribution >= 4 is 34.6 Å². The van der Waals surface area contributed by atoms with Crippen LogP contribution < -0.4 is 0 Å². The van der Waals surface area contributed by atoms with Crippen molar-refractivity contribution in [3.05, 3.63) is 107 Å². The molecule has 4 aromatic rings. The molecule has 0 fully saturated rings. The molecule has 0 aliphatic carbocycles. The molecule has 4 aromatic carbocycles. The molecule has 0 atom stereocenters. The molecule has 0 saturated heterocycles. The van der Waals surface area contributed by atoms with E-state index >= 15 is 0 Å². The van der Waals surface area contributed by atoms with Gasteiger partial charge in [-0.25, -0.2) is 0 Å². The lowest BCUT2D eigenvalue weighted by molar-refractivity contribution is -0.138. The van der Waals surface area contributed by atoms with Crippen LogP contribution in [0.25, 0.3) is 10.8 Å². The van der Waals surface area contributed by atoms with Gasteiger partial charge in [0.25, 0.3) is 0 Å². The van der Waals surface area contributed by atoms with Crippen molar-refractivity contribution in [2.45, 2.75) is 12.4 Å². The molecule has 8 heteroatoms. The quantitative estimate of drug-likeness (QED) is 0.211. The van der Waals surface area contributed by atoms with Crippen LogP contribution in [0.1, 0.15) is 22.3 Å². The molecule has 0 radical (unpaired) electrons. The molecule has 0 aliphatic heterocycles. The summed E-state index contributed by atoms with van der Waals surface area (Å²) in [7, 11) is 0. The number of alkyl halides is 6. The van der Waals surface area contributed by atoms with Crippen molar-refractivity contribution in [1.82, 2.24) is 0 Å². The highest BCUT2D eigenvalue weighted by Gasteiger charge is 2.30. The van der Waals surface area contributed by atoms with Gasteiger partial charge in [0, 0.05) is 23.2 Å². The summed E-state index contributed by atoms with van der Waals surface area (Å²) < 4.78 is 77.7. The van der Waals surface area contributed by atoms with Gasteiger partial charge < -0.3 is 0 Å². The Kier molecular flexibility index (Phi) is 6.24. The van der Waals surface area contributed by atoms with Gasteiger partial charge in [0.1, 0.15) is 0 Å². The van der Waals surface area contributed by atoms with E-state index in [2.05, 4.69) is 9.98 Å². The first-order valence-electron chi connectivity index (χ1n) is 10.1. The van der Waals surface area contributed by atoms with Crippen LogP contribution in [-0.4, -0.2) is 12.4 Å². The van der Waals surface area contributed by atoms with Crippen LogP contribution >= 0.6 is 0 Å². The van der Waals surface area contributed by atoms with Crippen LogP contribution in [0.4, 0.5) is 37.7 Å². The van der Waals surface area contributed by atoms with Crippen LogP contribution in [0, 0.1) is 0 Å². The average molecular weight is 470 g/mol. The van der Waals surface area contributed by atoms with Crippen LogP contribution in [0.3, 0.4) is 0 Å². The zero-order valence-electron chi connectivity index (χ0n) is 17.4. The molecule has 172 valence electrons. The molecular weight excluding hydrogens is 454 g/mol. The Bertz CT molecular complexity index is 1280. The average Bonchev–Trinajstić information content (AvgIpc) is 2.80. The van der Waals surface area contributed by atoms with E-state index in [1.807, 2.05) is 0 Å². The molecule has 0 spiro atoms. The van der Waals surface area contributed by atoms with Crippen LogP contribution in [0.15, 0.2) is 94.9 Å². The van der Waals surface area contributed by atoms with E-state index in [0.717, 1.165) is 24.3 Å². The number of nitrogens with zero attached hydrogens (tertiary/aromatic N) is 2. The van der Waals surface area contributed by atoms with Crippen LogP contribution in [-0.2, 0) is 12.4 Å². The minimum absolute atomic E-state index is 0.297. The standard InChI is InChI=1S/C26H16F6N2/c27-25(28,29)19-7-1-5-17(13-19)15-33-23-11-3-10-22-21(23)9-4-12-24(22)34-16-18-6-2-8-20(14-18)26(30,31)32/h1-16H. The van der Waals surface area contributed by atoms with Gasteiger partial charge in [0.05, 0.1) is 22.5 Å². The number of fused-ring (bicyclic) bond motifs is 1. The summed E-state index contributed by atoms with van der Waals surface area (Å²) in [5.41, 5.74) is 0.106. The van der Waals surface area contributed by atoms with Gasteiger partial charge in [-0.1, -0.05) is 48.5 Å². The monoisotopic (exact) mass is 470 g/mol. The molecule has 34 heavy (non-hydrogen) atoms. The summed E-state index contributed by atoms with van der Waals surface area (Å²) in [4.78, 5) is 8.71. The number of hydrogen-bond donors (Lipinski definition) is 0. The summed E-state index contributed by atoms with van der Waals surface area (Å²) in [6, 6.07) is 20.1. The molecule has 0 N–H and O–H groups in total. The van der Waals surface area contributed by atoms with E-state index in [-0.39, 0.29) is 0 Å². The molecule has 0 aromatic heterocycles. The van der Waals surface area contributed by atoms with E-state index in [1.54, 1.807) is 36.4 Å². The van der Waals surface area contributed by atoms with Gasteiger partial charge in [-0.3, -0.25) is 9.98 Å². The predicted octanol–water partition coefficient (Wildman–Crippen LogP) is 8.38. The fourth-order valence-electron chi connectivity index (χ4n) is 3.38. The van der Waals surface area contributed by atoms with Crippen molar-refractivity contribution < 1.29 is 26.3 Å². The van der Waals surface area contributed by atoms with E-state index in [4.69, 9.17) is 0 Å². The van der Waals surface area contributed by atoms with E-state index in [0.29, 0.717) is 33.3 Å². The number of rotatable bonds is 4. The van der Waals surface area contributed by atoms with Gasteiger partial charge in [0.2, 0.25) is 0 Å². The van der Waals surface area contributed by atoms with E-state index < -0.39 is 23.5 Å². The molecule has 0 heterocycles. The zero-order valence-corrected chi connectivity index (χ0v) is 17.4. The van der Waals surface area contributed by atoms with Gasteiger partial charge >= 0.3 is 12.4 Å². The van der Waals surface area contributed by atoms with Crippen molar-refractivity contribution in [1.29, 1.82) is 0 Å². The van der Waals surface area contributed by atoms with E-state index in [1.165, 1.54) is 36.7 Å². The minimum Gasteiger partial charge on any atom is -0.256 e. The summed E-state index contributed by atoms with van der Waals surface area (Å²) in [6.07, 6.45) is -6.20. The molecular formula is C26H16F6N2. The van der Waals surface area contributed by atoms with Crippen molar-refractivity contribution in [2.75, 3.05) is 0 Å². The molecule has 0 aliphatic rings. The first-order chi connectivity index (χ1) is 16.1. The second-order valence-electron chi connectivity index (χ2n) is 7.41. The summed E-state index contributed by atoms with van der Waals surface area (Å²) in [5, 5.41) is 1.40. The number of halogens is 6. The molecule has 2 nitrogen and oxygen atoms in total. The lowest BCUT2D eigenvalue weighted by atomic mass is 10.1. The Morgan fingerprint density at radius 1 is 0.500 bits per heavy atom. The second-order valence-corrected chi connectivity index (χ2v) is 7.41. The molecule has 0 unspecified atom stereocenters. The maximum absolute atomic E-state index is 12.9. The topological polar surface area (TPSA) is 24.7 Å². The Morgan fingerprint density at radius 2 is 0.882 bits per heavy atom. The smallest absolute Gasteiger partial charge is 0.256 e. The van der Waals surface area contributed by atoms with Gasteiger partial charge in [0.15, 0.2) is 0 Å². The third-order valence-electron chi connectivity index (χ3n) is 5.01. The highest BCUT2D eigenvalue weighted by molar-refractivity contribution is 6.02. The van der Waals surface area contributed by atoms with Crippen LogP contribution in [0.2, 0.25) is 0 Å². The summed E-state index contributed by atoms with van der Waals surface area (Å²) in [5.74, 6) is 0.